The standard InChI is InChI=1S/C15H12Br2FNO/c16-12-3-1-2-10(6-12)7-15(20)19-9-11-8-13(17)4-5-14(11)18/h1-6,8H,7,9H2,(H,19,20). The van der Waals surface area contributed by atoms with Crippen molar-refractivity contribution in [3.63, 3.8) is 0 Å². The summed E-state index contributed by atoms with van der Waals surface area (Å²) in [4.78, 5) is 11.8. The largest absolute Gasteiger partial charge is 0.352 e. The van der Waals surface area contributed by atoms with Crippen LogP contribution in [0.5, 0.6) is 0 Å². The minimum Gasteiger partial charge on any atom is -0.352 e. The summed E-state index contributed by atoms with van der Waals surface area (Å²) in [5, 5.41) is 2.72. The molecule has 0 saturated heterocycles. The molecule has 2 aromatic rings. The van der Waals surface area contributed by atoms with Crippen molar-refractivity contribution in [3.05, 3.63) is 68.4 Å². The number of benzene rings is 2. The number of nitrogens with one attached hydrogen (secondary N) is 1. The molecule has 0 aromatic heterocycles. The van der Waals surface area contributed by atoms with Crippen LogP contribution < -0.4 is 5.32 Å². The lowest BCUT2D eigenvalue weighted by atomic mass is 10.1. The molecule has 0 saturated carbocycles. The molecule has 2 rings (SSSR count). The van der Waals surface area contributed by atoms with Crippen molar-refractivity contribution >= 4 is 37.8 Å². The molecule has 2 aromatic carbocycles. The number of halogens is 3. The number of hydrogen-bond donors (Lipinski definition) is 1. The molecule has 2 nitrogen and oxygen atoms in total. The van der Waals surface area contributed by atoms with Crippen LogP contribution in [0, 0.1) is 5.82 Å². The molecule has 0 atom stereocenters. The van der Waals surface area contributed by atoms with Crippen molar-refractivity contribution in [1.82, 2.24) is 5.32 Å². The van der Waals surface area contributed by atoms with E-state index in [1.165, 1.54) is 6.07 Å². The van der Waals surface area contributed by atoms with E-state index in [1.54, 1.807) is 12.1 Å². The molecule has 0 bridgehead atoms. The molecular formula is C15H12Br2FNO. The van der Waals surface area contributed by atoms with Crippen molar-refractivity contribution in [2.24, 2.45) is 0 Å². The summed E-state index contributed by atoms with van der Waals surface area (Å²) in [6, 6.07) is 12.2. The highest BCUT2D eigenvalue weighted by molar-refractivity contribution is 9.10. The molecule has 0 aliphatic carbocycles. The van der Waals surface area contributed by atoms with Gasteiger partial charge in [0.15, 0.2) is 0 Å². The van der Waals surface area contributed by atoms with Gasteiger partial charge in [-0.15, -0.1) is 0 Å². The highest BCUT2D eigenvalue weighted by atomic mass is 79.9. The molecule has 1 N–H and O–H groups in total. The lowest BCUT2D eigenvalue weighted by Gasteiger charge is -2.07. The lowest BCUT2D eigenvalue weighted by molar-refractivity contribution is -0.120. The fourth-order valence-electron chi connectivity index (χ4n) is 1.77. The number of carbonyl (C=O) groups is 1. The number of carbonyl (C=O) groups excluding carboxylic acids is 1. The highest BCUT2D eigenvalue weighted by Gasteiger charge is 2.07. The van der Waals surface area contributed by atoms with Gasteiger partial charge in [0.25, 0.3) is 0 Å². The first-order chi connectivity index (χ1) is 9.54. The van der Waals surface area contributed by atoms with Gasteiger partial charge >= 0.3 is 0 Å². The smallest absolute Gasteiger partial charge is 0.224 e. The Morgan fingerprint density at radius 2 is 1.85 bits per heavy atom. The molecule has 0 spiro atoms. The third-order valence-corrected chi connectivity index (χ3v) is 3.72. The maximum Gasteiger partial charge on any atom is 0.224 e. The van der Waals surface area contributed by atoms with Gasteiger partial charge in [-0.1, -0.05) is 44.0 Å². The van der Waals surface area contributed by atoms with Crippen LogP contribution in [0.1, 0.15) is 11.1 Å². The molecule has 5 heteroatoms. The average molecular weight is 401 g/mol. The second kappa shape index (κ2) is 6.99. The van der Waals surface area contributed by atoms with Gasteiger partial charge in [-0.3, -0.25) is 4.79 Å². The van der Waals surface area contributed by atoms with Crippen molar-refractivity contribution in [2.75, 3.05) is 0 Å². The third kappa shape index (κ3) is 4.42. The van der Waals surface area contributed by atoms with E-state index in [-0.39, 0.29) is 24.7 Å². The van der Waals surface area contributed by atoms with Crippen molar-refractivity contribution < 1.29 is 9.18 Å². The van der Waals surface area contributed by atoms with Gasteiger partial charge in [-0.05, 0) is 35.9 Å². The van der Waals surface area contributed by atoms with Crippen LogP contribution in [0.2, 0.25) is 0 Å². The Bertz CT molecular complexity index is 631. The SMILES string of the molecule is O=C(Cc1cccc(Br)c1)NCc1cc(Br)ccc1F. The van der Waals surface area contributed by atoms with Gasteiger partial charge in [0.2, 0.25) is 5.91 Å². The Morgan fingerprint density at radius 3 is 2.60 bits per heavy atom. The zero-order chi connectivity index (χ0) is 14.5. The summed E-state index contributed by atoms with van der Waals surface area (Å²) >= 11 is 6.64. The first-order valence-electron chi connectivity index (χ1n) is 5.99. The maximum atomic E-state index is 13.5. The quantitative estimate of drug-likeness (QED) is 0.818. The van der Waals surface area contributed by atoms with E-state index in [9.17, 15) is 9.18 Å². The maximum absolute atomic E-state index is 13.5. The Hall–Kier alpha value is -1.20. The molecule has 104 valence electrons. The van der Waals surface area contributed by atoms with Gasteiger partial charge in [0, 0.05) is 21.1 Å². The van der Waals surface area contributed by atoms with Gasteiger partial charge in [0.05, 0.1) is 6.42 Å². The van der Waals surface area contributed by atoms with E-state index >= 15 is 0 Å². The Morgan fingerprint density at radius 1 is 1.10 bits per heavy atom. The molecule has 20 heavy (non-hydrogen) atoms. The zero-order valence-corrected chi connectivity index (χ0v) is 13.7. The predicted molar refractivity (Wildman–Crippen MR) is 83.8 cm³/mol. The minimum atomic E-state index is -0.323. The van der Waals surface area contributed by atoms with E-state index in [0.29, 0.717) is 5.56 Å². The lowest BCUT2D eigenvalue weighted by Crippen LogP contribution is -2.25. The summed E-state index contributed by atoms with van der Waals surface area (Å²) in [6.45, 7) is 0.179. The van der Waals surface area contributed by atoms with E-state index in [1.807, 2.05) is 24.3 Å². The normalized spacial score (nSPS) is 10.3. The van der Waals surface area contributed by atoms with Gasteiger partial charge in [-0.25, -0.2) is 4.39 Å². The second-order valence-corrected chi connectivity index (χ2v) is 6.15. The fourth-order valence-corrected chi connectivity index (χ4v) is 2.62. The van der Waals surface area contributed by atoms with Crippen LogP contribution in [0.25, 0.3) is 0 Å². The van der Waals surface area contributed by atoms with Crippen LogP contribution in [0.3, 0.4) is 0 Å². The Labute approximate surface area is 133 Å². The molecule has 0 aliphatic rings. The van der Waals surface area contributed by atoms with Crippen LogP contribution in [-0.2, 0) is 17.8 Å². The van der Waals surface area contributed by atoms with Crippen molar-refractivity contribution in [1.29, 1.82) is 0 Å². The number of rotatable bonds is 4. The third-order valence-electron chi connectivity index (χ3n) is 2.74. The Kier molecular flexibility index (Phi) is 5.31. The van der Waals surface area contributed by atoms with Gasteiger partial charge in [-0.2, -0.15) is 0 Å². The molecule has 0 aliphatic heterocycles. The Balaban J connectivity index is 1.94. The average Bonchev–Trinajstić information content (AvgIpc) is 2.40. The summed E-state index contributed by atoms with van der Waals surface area (Å²) in [6.07, 6.45) is 0.273. The minimum absolute atomic E-state index is 0.137. The second-order valence-electron chi connectivity index (χ2n) is 4.32. The van der Waals surface area contributed by atoms with E-state index in [0.717, 1.165) is 14.5 Å². The molecule has 0 fully saturated rings. The zero-order valence-electron chi connectivity index (χ0n) is 10.5. The van der Waals surface area contributed by atoms with Gasteiger partial charge in [0.1, 0.15) is 5.82 Å². The van der Waals surface area contributed by atoms with Crippen LogP contribution in [-0.4, -0.2) is 5.91 Å². The first kappa shape index (κ1) is 15.2. The van der Waals surface area contributed by atoms with Gasteiger partial charge < -0.3 is 5.32 Å². The van der Waals surface area contributed by atoms with Crippen LogP contribution in [0.15, 0.2) is 51.4 Å². The van der Waals surface area contributed by atoms with Crippen molar-refractivity contribution in [2.45, 2.75) is 13.0 Å². The monoisotopic (exact) mass is 399 g/mol. The summed E-state index contributed by atoms with van der Waals surface area (Å²) in [7, 11) is 0. The van der Waals surface area contributed by atoms with E-state index in [4.69, 9.17) is 0 Å². The van der Waals surface area contributed by atoms with Crippen LogP contribution >= 0.6 is 31.9 Å². The summed E-state index contributed by atoms with van der Waals surface area (Å²) in [5.74, 6) is -0.460. The predicted octanol–water partition coefficient (Wildman–Crippen LogP) is 4.21. The molecular weight excluding hydrogens is 389 g/mol. The van der Waals surface area contributed by atoms with E-state index in [2.05, 4.69) is 37.2 Å². The summed E-state index contributed by atoms with van der Waals surface area (Å²) < 4.78 is 15.2. The summed E-state index contributed by atoms with van der Waals surface area (Å²) in [5.41, 5.74) is 1.37. The number of amides is 1. The van der Waals surface area contributed by atoms with Crippen LogP contribution in [0.4, 0.5) is 4.39 Å². The highest BCUT2D eigenvalue weighted by Crippen LogP contribution is 2.15. The van der Waals surface area contributed by atoms with E-state index < -0.39 is 0 Å². The molecule has 0 heterocycles. The van der Waals surface area contributed by atoms with Crippen molar-refractivity contribution in [3.8, 4) is 0 Å². The molecule has 1 amide bonds. The first-order valence-corrected chi connectivity index (χ1v) is 7.58. The fraction of sp³-hybridized carbons (Fsp3) is 0.133. The molecule has 0 unspecified atom stereocenters. The number of hydrogen-bond acceptors (Lipinski definition) is 1. The topological polar surface area (TPSA) is 29.1 Å². The molecule has 0 radical (unpaired) electrons.